The van der Waals surface area contributed by atoms with E-state index in [0.717, 1.165) is 67.4 Å². The summed E-state index contributed by atoms with van der Waals surface area (Å²) in [6, 6.07) is 27.7. The van der Waals surface area contributed by atoms with E-state index in [1.54, 1.807) is 0 Å². The minimum atomic E-state index is -0.336. The number of amides is 4. The van der Waals surface area contributed by atoms with Crippen molar-refractivity contribution in [3.05, 3.63) is 129 Å². The molecule has 0 aromatic heterocycles. The Hall–Kier alpha value is -5.88. The number of fused-ring (bicyclic) bond motifs is 2. The number of anilines is 2. The summed E-state index contributed by atoms with van der Waals surface area (Å²) in [7, 11) is 0. The smallest absolute Gasteiger partial charge is 0.265 e. The highest BCUT2D eigenvalue weighted by molar-refractivity contribution is 6.45. The summed E-state index contributed by atoms with van der Waals surface area (Å²) in [6.45, 7) is 21.4. The first kappa shape index (κ1) is 37.7. The van der Waals surface area contributed by atoms with Gasteiger partial charge in [-0.3, -0.25) is 19.2 Å². The molecule has 0 saturated carbocycles. The fourth-order valence-electron chi connectivity index (χ4n) is 9.41. The van der Waals surface area contributed by atoms with Crippen LogP contribution in [-0.2, 0) is 23.7 Å². The molecule has 0 bridgehead atoms. The van der Waals surface area contributed by atoms with Gasteiger partial charge in [0.25, 0.3) is 23.6 Å². The lowest BCUT2D eigenvalue weighted by Crippen LogP contribution is -2.41. The van der Waals surface area contributed by atoms with Crippen LogP contribution in [0.5, 0.6) is 0 Å². The van der Waals surface area contributed by atoms with Gasteiger partial charge in [-0.2, -0.15) is 0 Å². The molecule has 0 atom stereocenters. The molecule has 2 heterocycles. The third-order valence-corrected chi connectivity index (χ3v) is 12.3. The lowest BCUT2D eigenvalue weighted by molar-refractivity contribution is 0.0877. The highest BCUT2D eigenvalue weighted by atomic mass is 16.2. The normalized spacial score (nSPS) is 14.9. The van der Waals surface area contributed by atoms with Gasteiger partial charge in [0.05, 0.1) is 11.4 Å². The second kappa shape index (κ2) is 12.8. The monoisotopic (exact) mass is 766 g/mol. The summed E-state index contributed by atoms with van der Waals surface area (Å²) in [5.41, 5.74) is 6.90. The maximum Gasteiger partial charge on any atom is 0.265 e. The minimum absolute atomic E-state index is 0.179. The molecular formula is C52H50N2O4. The van der Waals surface area contributed by atoms with Crippen LogP contribution in [0.1, 0.15) is 133 Å². The molecule has 58 heavy (non-hydrogen) atoms. The maximum atomic E-state index is 14.7. The van der Waals surface area contributed by atoms with E-state index in [9.17, 15) is 19.2 Å². The molecule has 0 N–H and O–H groups in total. The van der Waals surface area contributed by atoms with Crippen LogP contribution in [0, 0.1) is 11.8 Å². The van der Waals surface area contributed by atoms with E-state index in [0.29, 0.717) is 56.2 Å². The van der Waals surface area contributed by atoms with Crippen molar-refractivity contribution in [3.8, 4) is 0 Å². The molecule has 292 valence electrons. The number of imide groups is 2. The highest BCUT2D eigenvalue weighted by Crippen LogP contribution is 2.48. The van der Waals surface area contributed by atoms with Crippen molar-refractivity contribution in [2.45, 2.75) is 92.9 Å². The fraction of sp³-hybridized carbons (Fsp3) is 0.308. The van der Waals surface area contributed by atoms with Gasteiger partial charge in [-0.05, 0) is 126 Å². The molecule has 7 aromatic rings. The van der Waals surface area contributed by atoms with Crippen LogP contribution in [-0.4, -0.2) is 23.6 Å². The molecule has 6 heteroatoms. The van der Waals surface area contributed by atoms with Crippen LogP contribution < -0.4 is 9.80 Å². The Morgan fingerprint density at radius 2 is 0.707 bits per heavy atom. The van der Waals surface area contributed by atoms with Gasteiger partial charge < -0.3 is 0 Å². The molecule has 6 nitrogen and oxygen atoms in total. The molecule has 4 amide bonds. The van der Waals surface area contributed by atoms with Crippen LogP contribution in [0.25, 0.3) is 43.1 Å². The van der Waals surface area contributed by atoms with Crippen LogP contribution in [0.4, 0.5) is 11.4 Å². The largest absolute Gasteiger partial charge is 0.268 e. The van der Waals surface area contributed by atoms with Crippen molar-refractivity contribution in [2.24, 2.45) is 11.8 Å². The van der Waals surface area contributed by atoms with E-state index >= 15 is 0 Å². The second-order valence-corrected chi connectivity index (χ2v) is 19.4. The first-order valence-electron chi connectivity index (χ1n) is 20.6. The molecule has 0 radical (unpaired) electrons. The van der Waals surface area contributed by atoms with E-state index in [4.69, 9.17) is 0 Å². The average Bonchev–Trinajstić information content (AvgIpc) is 3.15. The minimum Gasteiger partial charge on any atom is -0.268 e. The molecule has 9 rings (SSSR count). The van der Waals surface area contributed by atoms with Crippen LogP contribution in [0.3, 0.4) is 0 Å². The summed E-state index contributed by atoms with van der Waals surface area (Å²) in [4.78, 5) is 61.7. The van der Waals surface area contributed by atoms with Crippen molar-refractivity contribution in [1.29, 1.82) is 0 Å². The highest BCUT2D eigenvalue weighted by Gasteiger charge is 2.39. The van der Waals surface area contributed by atoms with Crippen LogP contribution in [0.2, 0.25) is 0 Å². The van der Waals surface area contributed by atoms with Crippen LogP contribution >= 0.6 is 0 Å². The summed E-state index contributed by atoms with van der Waals surface area (Å²) < 4.78 is 0. The zero-order valence-corrected chi connectivity index (χ0v) is 35.2. The van der Waals surface area contributed by atoms with E-state index in [-0.39, 0.29) is 34.5 Å². The third kappa shape index (κ3) is 5.51. The van der Waals surface area contributed by atoms with Gasteiger partial charge in [-0.15, -0.1) is 0 Å². The molecule has 0 fully saturated rings. The van der Waals surface area contributed by atoms with Gasteiger partial charge in [-0.25, -0.2) is 9.80 Å². The molecule has 2 aliphatic rings. The fourth-order valence-corrected chi connectivity index (χ4v) is 9.41. The molecule has 2 aliphatic heterocycles. The lowest BCUT2D eigenvalue weighted by atomic mass is 9.81. The first-order valence-corrected chi connectivity index (χ1v) is 20.6. The van der Waals surface area contributed by atoms with Crippen molar-refractivity contribution in [3.63, 3.8) is 0 Å². The van der Waals surface area contributed by atoms with Gasteiger partial charge in [0.15, 0.2) is 0 Å². The number of rotatable bonds is 6. The van der Waals surface area contributed by atoms with E-state index in [1.165, 1.54) is 9.80 Å². The zero-order chi connectivity index (χ0) is 41.3. The molecule has 0 unspecified atom stereocenters. The Labute approximate surface area is 340 Å². The molecule has 7 aromatic carbocycles. The van der Waals surface area contributed by atoms with Crippen molar-refractivity contribution in [1.82, 2.24) is 0 Å². The third-order valence-electron chi connectivity index (χ3n) is 12.3. The van der Waals surface area contributed by atoms with Gasteiger partial charge in [0, 0.05) is 33.0 Å². The second-order valence-electron chi connectivity index (χ2n) is 19.4. The topological polar surface area (TPSA) is 74.8 Å². The van der Waals surface area contributed by atoms with E-state index in [2.05, 4.69) is 93.5 Å². The Morgan fingerprint density at radius 1 is 0.414 bits per heavy atom. The van der Waals surface area contributed by atoms with E-state index in [1.807, 2.05) is 60.7 Å². The summed E-state index contributed by atoms with van der Waals surface area (Å²) in [5, 5.41) is 6.45. The van der Waals surface area contributed by atoms with Gasteiger partial charge >= 0.3 is 0 Å². The molecule has 0 saturated heterocycles. The summed E-state index contributed by atoms with van der Waals surface area (Å²) >= 11 is 0. The Bertz CT molecular complexity index is 2630. The van der Waals surface area contributed by atoms with E-state index < -0.39 is 0 Å². The Kier molecular flexibility index (Phi) is 8.32. The number of carbonyl (C=O) groups excluding carboxylic acids is 4. The number of benzene rings is 7. The number of hydrogen-bond acceptors (Lipinski definition) is 4. The van der Waals surface area contributed by atoms with Crippen molar-refractivity contribution in [2.75, 3.05) is 9.80 Å². The Balaban J connectivity index is 1.23. The predicted molar refractivity (Wildman–Crippen MR) is 237 cm³/mol. The Morgan fingerprint density at radius 3 is 0.966 bits per heavy atom. The quantitative estimate of drug-likeness (QED) is 0.0959. The number of carbonyl (C=O) groups is 4. The molecule has 0 aliphatic carbocycles. The van der Waals surface area contributed by atoms with Crippen molar-refractivity contribution >= 4 is 78.1 Å². The number of hydrogen-bond donors (Lipinski definition) is 0. The van der Waals surface area contributed by atoms with Crippen molar-refractivity contribution < 1.29 is 19.2 Å². The zero-order valence-electron chi connectivity index (χ0n) is 35.2. The predicted octanol–water partition coefficient (Wildman–Crippen LogP) is 12.3. The maximum absolute atomic E-state index is 14.7. The lowest BCUT2D eigenvalue weighted by Gasteiger charge is -2.32. The first-order chi connectivity index (χ1) is 27.4. The van der Waals surface area contributed by atoms with Gasteiger partial charge in [0.1, 0.15) is 0 Å². The standard InChI is InChI=1S/C52H50N2O4/c1-27(2)23-29-11-13-31(51(5,6)7)25-41(29)53-47(55)37-19-15-33-35-17-21-39-46-40(22-18-36(44(35)46)34-16-20-38(48(53)56)45(37)43(33)34)50(58)54(49(39)57)42-26-32(52(8,9)10)14-12-30(42)24-28(3)4/h11-22,25-28H,23-24H2,1-10H3. The SMILES string of the molecule is CC(C)Cc1ccc(C(C)(C)C)cc1N1C(=O)c2ccc3c4ccc5c6c(ccc(c7ccc(c2c37)C1=O)c64)C(=O)N(c1cc(C(C)(C)C)ccc1CC(C)C)C5=O. The molecular weight excluding hydrogens is 717 g/mol. The summed E-state index contributed by atoms with van der Waals surface area (Å²) in [5.74, 6) is -0.691. The molecule has 0 spiro atoms. The number of nitrogens with zero attached hydrogens (tertiary/aromatic N) is 2. The van der Waals surface area contributed by atoms with Gasteiger partial charge in [0.2, 0.25) is 0 Å². The average molecular weight is 767 g/mol. The van der Waals surface area contributed by atoms with Crippen LogP contribution in [0.15, 0.2) is 84.9 Å². The summed E-state index contributed by atoms with van der Waals surface area (Å²) in [6.07, 6.45) is 1.46. The van der Waals surface area contributed by atoms with Gasteiger partial charge in [-0.1, -0.05) is 118 Å².